The molecular formula is C20H21N3O2S. The van der Waals surface area contributed by atoms with E-state index in [0.29, 0.717) is 10.7 Å². The van der Waals surface area contributed by atoms with Crippen molar-refractivity contribution in [3.63, 3.8) is 0 Å². The standard InChI is InChI=1S/C20H21N3O2S/c1-13-18(14-7-11-17(25-4)12-8-14)21-20(26-13)22-19(24)15-5-9-16(10-6-15)23(2)3/h5-12H,1-4H3,(H,21,22,24). The number of amides is 1. The van der Waals surface area contributed by atoms with Crippen molar-refractivity contribution in [3.05, 3.63) is 59.0 Å². The van der Waals surface area contributed by atoms with E-state index in [1.54, 1.807) is 7.11 Å². The fraction of sp³-hybridized carbons (Fsp3) is 0.200. The van der Waals surface area contributed by atoms with E-state index in [1.807, 2.05) is 74.4 Å². The molecule has 1 N–H and O–H groups in total. The summed E-state index contributed by atoms with van der Waals surface area (Å²) in [6.45, 7) is 2.00. The smallest absolute Gasteiger partial charge is 0.257 e. The van der Waals surface area contributed by atoms with E-state index in [0.717, 1.165) is 27.6 Å². The quantitative estimate of drug-likeness (QED) is 0.724. The third-order valence-corrected chi connectivity index (χ3v) is 4.91. The number of rotatable bonds is 5. The van der Waals surface area contributed by atoms with Crippen molar-refractivity contribution in [3.8, 4) is 17.0 Å². The topological polar surface area (TPSA) is 54.5 Å². The Labute approximate surface area is 157 Å². The maximum absolute atomic E-state index is 12.5. The summed E-state index contributed by atoms with van der Waals surface area (Å²) < 4.78 is 5.19. The first-order valence-corrected chi connectivity index (χ1v) is 9.00. The van der Waals surface area contributed by atoms with Crippen LogP contribution in [-0.2, 0) is 0 Å². The Kier molecular flexibility index (Phi) is 5.23. The van der Waals surface area contributed by atoms with Gasteiger partial charge in [0.15, 0.2) is 5.13 Å². The van der Waals surface area contributed by atoms with E-state index in [2.05, 4.69) is 10.3 Å². The zero-order valence-corrected chi connectivity index (χ0v) is 16.1. The maximum Gasteiger partial charge on any atom is 0.257 e. The van der Waals surface area contributed by atoms with Crippen molar-refractivity contribution in [2.24, 2.45) is 0 Å². The fourth-order valence-corrected chi connectivity index (χ4v) is 3.38. The molecule has 5 nitrogen and oxygen atoms in total. The highest BCUT2D eigenvalue weighted by molar-refractivity contribution is 7.16. The molecule has 0 aliphatic heterocycles. The van der Waals surface area contributed by atoms with E-state index in [4.69, 9.17) is 4.74 Å². The van der Waals surface area contributed by atoms with Crippen LogP contribution in [-0.4, -0.2) is 32.1 Å². The van der Waals surface area contributed by atoms with Crippen LogP contribution in [0, 0.1) is 6.92 Å². The average Bonchev–Trinajstić information content (AvgIpc) is 3.02. The van der Waals surface area contributed by atoms with Crippen LogP contribution in [0.2, 0.25) is 0 Å². The van der Waals surface area contributed by atoms with Gasteiger partial charge in [0.25, 0.3) is 5.91 Å². The van der Waals surface area contributed by atoms with Crippen molar-refractivity contribution in [1.82, 2.24) is 4.98 Å². The molecule has 26 heavy (non-hydrogen) atoms. The molecule has 3 aromatic rings. The number of hydrogen-bond acceptors (Lipinski definition) is 5. The first kappa shape index (κ1) is 17.9. The van der Waals surface area contributed by atoms with Crippen LogP contribution in [0.1, 0.15) is 15.2 Å². The predicted octanol–water partition coefficient (Wildman–Crippen LogP) is 4.45. The molecule has 0 fully saturated rings. The lowest BCUT2D eigenvalue weighted by Gasteiger charge is -2.12. The summed E-state index contributed by atoms with van der Waals surface area (Å²) in [5.74, 6) is 0.640. The molecular weight excluding hydrogens is 346 g/mol. The number of nitrogens with zero attached hydrogens (tertiary/aromatic N) is 2. The van der Waals surface area contributed by atoms with Gasteiger partial charge in [-0.25, -0.2) is 4.98 Å². The molecule has 0 bridgehead atoms. The molecule has 2 aromatic carbocycles. The molecule has 0 aliphatic carbocycles. The summed E-state index contributed by atoms with van der Waals surface area (Å²) in [5.41, 5.74) is 3.52. The van der Waals surface area contributed by atoms with Gasteiger partial charge in [-0.15, -0.1) is 11.3 Å². The number of thiazole rings is 1. The van der Waals surface area contributed by atoms with Crippen molar-refractivity contribution < 1.29 is 9.53 Å². The van der Waals surface area contributed by atoms with E-state index >= 15 is 0 Å². The van der Waals surface area contributed by atoms with E-state index < -0.39 is 0 Å². The normalized spacial score (nSPS) is 10.5. The lowest BCUT2D eigenvalue weighted by molar-refractivity contribution is 0.102. The van der Waals surface area contributed by atoms with Gasteiger partial charge in [0.05, 0.1) is 12.8 Å². The van der Waals surface area contributed by atoms with Gasteiger partial charge in [-0.1, -0.05) is 0 Å². The fourth-order valence-electron chi connectivity index (χ4n) is 2.55. The zero-order valence-electron chi connectivity index (χ0n) is 15.2. The van der Waals surface area contributed by atoms with E-state index in [9.17, 15) is 4.79 Å². The highest BCUT2D eigenvalue weighted by atomic mass is 32.1. The number of benzene rings is 2. The molecule has 0 radical (unpaired) electrons. The summed E-state index contributed by atoms with van der Waals surface area (Å²) in [4.78, 5) is 20.1. The molecule has 6 heteroatoms. The number of carbonyl (C=O) groups excluding carboxylic acids is 1. The number of aryl methyl sites for hydroxylation is 1. The number of hydrogen-bond donors (Lipinski definition) is 1. The first-order chi connectivity index (χ1) is 12.5. The lowest BCUT2D eigenvalue weighted by Crippen LogP contribution is -2.13. The predicted molar refractivity (Wildman–Crippen MR) is 108 cm³/mol. The minimum atomic E-state index is -0.162. The molecule has 0 saturated heterocycles. The van der Waals surface area contributed by atoms with Crippen molar-refractivity contribution in [1.29, 1.82) is 0 Å². The van der Waals surface area contributed by atoms with Gasteiger partial charge >= 0.3 is 0 Å². The minimum absolute atomic E-state index is 0.162. The highest BCUT2D eigenvalue weighted by Crippen LogP contribution is 2.31. The number of nitrogens with one attached hydrogen (secondary N) is 1. The third kappa shape index (κ3) is 3.86. The largest absolute Gasteiger partial charge is 0.497 e. The van der Waals surface area contributed by atoms with Crippen LogP contribution >= 0.6 is 11.3 Å². The molecule has 134 valence electrons. The van der Waals surface area contributed by atoms with Crippen LogP contribution in [0.15, 0.2) is 48.5 Å². The SMILES string of the molecule is COc1ccc(-c2nc(NC(=O)c3ccc(N(C)C)cc3)sc2C)cc1. The summed E-state index contributed by atoms with van der Waals surface area (Å²) in [5, 5.41) is 3.48. The van der Waals surface area contributed by atoms with Gasteiger partial charge in [-0.2, -0.15) is 0 Å². The summed E-state index contributed by atoms with van der Waals surface area (Å²) in [7, 11) is 5.57. The van der Waals surface area contributed by atoms with Crippen LogP contribution in [0.3, 0.4) is 0 Å². The van der Waals surface area contributed by atoms with E-state index in [-0.39, 0.29) is 5.91 Å². The molecule has 3 rings (SSSR count). The summed E-state index contributed by atoms with van der Waals surface area (Å²) in [6.07, 6.45) is 0. The van der Waals surface area contributed by atoms with Crippen LogP contribution in [0.5, 0.6) is 5.75 Å². The second-order valence-electron chi connectivity index (χ2n) is 6.05. The number of methoxy groups -OCH3 is 1. The first-order valence-electron chi connectivity index (χ1n) is 8.18. The molecule has 1 heterocycles. The third-order valence-electron chi connectivity index (χ3n) is 4.03. The average molecular weight is 367 g/mol. The molecule has 1 amide bonds. The van der Waals surface area contributed by atoms with Gasteiger partial charge < -0.3 is 9.64 Å². The molecule has 0 atom stereocenters. The monoisotopic (exact) mass is 367 g/mol. The number of carbonyl (C=O) groups is 1. The summed E-state index contributed by atoms with van der Waals surface area (Å²) in [6, 6.07) is 15.2. The Morgan fingerprint density at radius 1 is 1.08 bits per heavy atom. The number of anilines is 2. The van der Waals surface area contributed by atoms with Gasteiger partial charge in [-0.05, 0) is 55.5 Å². The van der Waals surface area contributed by atoms with Crippen LogP contribution in [0.4, 0.5) is 10.8 Å². The Morgan fingerprint density at radius 3 is 2.31 bits per heavy atom. The summed E-state index contributed by atoms with van der Waals surface area (Å²) >= 11 is 1.47. The maximum atomic E-state index is 12.5. The molecule has 0 spiro atoms. The van der Waals surface area contributed by atoms with Crippen molar-refractivity contribution in [2.75, 3.05) is 31.4 Å². The lowest BCUT2D eigenvalue weighted by atomic mass is 10.1. The van der Waals surface area contributed by atoms with Gasteiger partial charge in [0, 0.05) is 35.8 Å². The van der Waals surface area contributed by atoms with Crippen molar-refractivity contribution in [2.45, 2.75) is 6.92 Å². The molecule has 0 unspecified atom stereocenters. The molecule has 0 aliphatic rings. The van der Waals surface area contributed by atoms with Gasteiger partial charge in [0.1, 0.15) is 5.75 Å². The zero-order chi connectivity index (χ0) is 18.7. The molecule has 1 aromatic heterocycles. The minimum Gasteiger partial charge on any atom is -0.497 e. The van der Waals surface area contributed by atoms with Crippen LogP contribution in [0.25, 0.3) is 11.3 Å². The van der Waals surface area contributed by atoms with Gasteiger partial charge in [-0.3, -0.25) is 10.1 Å². The number of aromatic nitrogens is 1. The Morgan fingerprint density at radius 2 is 1.73 bits per heavy atom. The van der Waals surface area contributed by atoms with Crippen LogP contribution < -0.4 is 15.0 Å². The Hall–Kier alpha value is -2.86. The van der Waals surface area contributed by atoms with Gasteiger partial charge in [0.2, 0.25) is 0 Å². The van der Waals surface area contributed by atoms with E-state index in [1.165, 1.54) is 11.3 Å². The Bertz CT molecular complexity index is 900. The second-order valence-corrected chi connectivity index (χ2v) is 7.25. The Balaban J connectivity index is 1.77. The second kappa shape index (κ2) is 7.58. The van der Waals surface area contributed by atoms with Crippen molar-refractivity contribution >= 4 is 28.1 Å². The highest BCUT2D eigenvalue weighted by Gasteiger charge is 2.13. The number of ether oxygens (including phenoxy) is 1. The molecule has 0 saturated carbocycles.